The first-order valence-electron chi connectivity index (χ1n) is 6.78. The topological polar surface area (TPSA) is 15.3 Å². The van der Waals surface area contributed by atoms with E-state index in [4.69, 9.17) is 0 Å². The molecule has 0 unspecified atom stereocenters. The first-order valence-corrected chi connectivity index (χ1v) is 6.78. The molecule has 1 aromatic carbocycles. The van der Waals surface area contributed by atoms with E-state index in [1.54, 1.807) is 0 Å². The van der Waals surface area contributed by atoms with Crippen molar-refractivity contribution >= 4 is 11.4 Å². The van der Waals surface area contributed by atoms with Gasteiger partial charge in [0.1, 0.15) is 0 Å². The Morgan fingerprint density at radius 3 is 2.71 bits per heavy atom. The predicted octanol–water partition coefficient (Wildman–Crippen LogP) is 3.74. The van der Waals surface area contributed by atoms with Crippen LogP contribution in [-0.2, 0) is 0 Å². The van der Waals surface area contributed by atoms with Crippen molar-refractivity contribution in [3.05, 3.63) is 24.3 Å². The maximum atomic E-state index is 3.20. The fourth-order valence-electron chi connectivity index (χ4n) is 2.76. The summed E-state index contributed by atoms with van der Waals surface area (Å²) < 4.78 is 0. The van der Waals surface area contributed by atoms with E-state index < -0.39 is 0 Å². The van der Waals surface area contributed by atoms with E-state index in [9.17, 15) is 0 Å². The van der Waals surface area contributed by atoms with Gasteiger partial charge >= 0.3 is 0 Å². The molecule has 2 nitrogen and oxygen atoms in total. The standard InChI is InChI=1S/C15H24N2/c1-16-14-9-6-10-15(11-14)17(2)12-13-7-4-3-5-8-13/h6,9-11,13,16H,3-5,7-8,12H2,1-2H3. The van der Waals surface area contributed by atoms with Crippen molar-refractivity contribution in [1.29, 1.82) is 0 Å². The minimum absolute atomic E-state index is 0.895. The Balaban J connectivity index is 1.95. The highest BCUT2D eigenvalue weighted by Crippen LogP contribution is 2.26. The van der Waals surface area contributed by atoms with Crippen LogP contribution in [0.15, 0.2) is 24.3 Å². The molecule has 17 heavy (non-hydrogen) atoms. The minimum atomic E-state index is 0.895. The van der Waals surface area contributed by atoms with Crippen LogP contribution in [0.3, 0.4) is 0 Å². The summed E-state index contributed by atoms with van der Waals surface area (Å²) in [7, 11) is 4.18. The van der Waals surface area contributed by atoms with Crippen LogP contribution in [0.25, 0.3) is 0 Å². The van der Waals surface area contributed by atoms with E-state index in [-0.39, 0.29) is 0 Å². The lowest BCUT2D eigenvalue weighted by Gasteiger charge is -2.28. The molecule has 1 N–H and O–H groups in total. The smallest absolute Gasteiger partial charge is 0.0384 e. The van der Waals surface area contributed by atoms with Gasteiger partial charge in [-0.05, 0) is 37.0 Å². The summed E-state index contributed by atoms with van der Waals surface area (Å²) in [5.74, 6) is 0.895. The SMILES string of the molecule is CNc1cccc(N(C)CC2CCCCC2)c1. The van der Waals surface area contributed by atoms with Crippen LogP contribution < -0.4 is 10.2 Å². The monoisotopic (exact) mass is 232 g/mol. The van der Waals surface area contributed by atoms with Crippen molar-refractivity contribution in [1.82, 2.24) is 0 Å². The second-order valence-electron chi connectivity index (χ2n) is 5.18. The fourth-order valence-corrected chi connectivity index (χ4v) is 2.76. The Bertz CT molecular complexity index is 343. The third-order valence-corrected chi connectivity index (χ3v) is 3.83. The first-order chi connectivity index (χ1) is 8.29. The lowest BCUT2D eigenvalue weighted by atomic mass is 9.89. The molecule has 1 aromatic rings. The molecule has 0 atom stereocenters. The number of rotatable bonds is 4. The van der Waals surface area contributed by atoms with Crippen molar-refractivity contribution in [2.75, 3.05) is 30.9 Å². The number of hydrogen-bond donors (Lipinski definition) is 1. The molecule has 0 bridgehead atoms. The molecule has 0 amide bonds. The van der Waals surface area contributed by atoms with Gasteiger partial charge in [-0.1, -0.05) is 25.3 Å². The van der Waals surface area contributed by atoms with E-state index in [2.05, 4.69) is 41.5 Å². The number of benzene rings is 1. The maximum absolute atomic E-state index is 3.20. The van der Waals surface area contributed by atoms with Crippen molar-refractivity contribution in [2.45, 2.75) is 32.1 Å². The lowest BCUT2D eigenvalue weighted by Crippen LogP contribution is -2.26. The lowest BCUT2D eigenvalue weighted by molar-refractivity contribution is 0.362. The quantitative estimate of drug-likeness (QED) is 0.850. The summed E-state index contributed by atoms with van der Waals surface area (Å²) in [6.07, 6.45) is 7.12. The summed E-state index contributed by atoms with van der Waals surface area (Å²) >= 11 is 0. The Morgan fingerprint density at radius 1 is 1.24 bits per heavy atom. The van der Waals surface area contributed by atoms with Gasteiger partial charge in [0.25, 0.3) is 0 Å². The summed E-state index contributed by atoms with van der Waals surface area (Å²) in [5, 5.41) is 3.20. The Morgan fingerprint density at radius 2 is 2.00 bits per heavy atom. The summed E-state index contributed by atoms with van der Waals surface area (Å²) in [4.78, 5) is 2.40. The summed E-state index contributed by atoms with van der Waals surface area (Å²) in [5.41, 5.74) is 2.51. The van der Waals surface area contributed by atoms with Crippen LogP contribution in [-0.4, -0.2) is 20.6 Å². The predicted molar refractivity (Wildman–Crippen MR) is 75.8 cm³/mol. The molecule has 1 aliphatic carbocycles. The van der Waals surface area contributed by atoms with Gasteiger partial charge in [0, 0.05) is 32.0 Å². The molecule has 0 spiro atoms. The van der Waals surface area contributed by atoms with E-state index in [1.165, 1.54) is 50.0 Å². The second-order valence-corrected chi connectivity index (χ2v) is 5.18. The van der Waals surface area contributed by atoms with Gasteiger partial charge in [0.15, 0.2) is 0 Å². The van der Waals surface area contributed by atoms with E-state index >= 15 is 0 Å². The number of hydrogen-bond acceptors (Lipinski definition) is 2. The van der Waals surface area contributed by atoms with Gasteiger partial charge < -0.3 is 10.2 Å². The van der Waals surface area contributed by atoms with Crippen LogP contribution >= 0.6 is 0 Å². The van der Waals surface area contributed by atoms with Crippen LogP contribution in [0.2, 0.25) is 0 Å². The third kappa shape index (κ3) is 3.39. The van der Waals surface area contributed by atoms with Gasteiger partial charge in [0.05, 0.1) is 0 Å². The molecule has 1 fully saturated rings. The largest absolute Gasteiger partial charge is 0.388 e. The average molecular weight is 232 g/mol. The van der Waals surface area contributed by atoms with Gasteiger partial charge in [-0.3, -0.25) is 0 Å². The average Bonchev–Trinajstić information content (AvgIpc) is 2.40. The third-order valence-electron chi connectivity index (χ3n) is 3.83. The van der Waals surface area contributed by atoms with E-state index in [0.717, 1.165) is 5.92 Å². The van der Waals surface area contributed by atoms with Gasteiger partial charge in [-0.25, -0.2) is 0 Å². The molecular formula is C15H24N2. The Labute approximate surface area is 105 Å². The molecule has 0 saturated heterocycles. The van der Waals surface area contributed by atoms with Gasteiger partial charge in [-0.15, -0.1) is 0 Å². The van der Waals surface area contributed by atoms with Gasteiger partial charge in [-0.2, -0.15) is 0 Å². The minimum Gasteiger partial charge on any atom is -0.388 e. The van der Waals surface area contributed by atoms with Crippen molar-refractivity contribution in [3.8, 4) is 0 Å². The maximum Gasteiger partial charge on any atom is 0.0384 e. The van der Waals surface area contributed by atoms with Crippen molar-refractivity contribution < 1.29 is 0 Å². The molecular weight excluding hydrogens is 208 g/mol. The molecule has 94 valence electrons. The second kappa shape index (κ2) is 5.95. The molecule has 0 heterocycles. The molecule has 0 radical (unpaired) electrons. The molecule has 1 saturated carbocycles. The van der Waals surface area contributed by atoms with Crippen LogP contribution in [0.1, 0.15) is 32.1 Å². The molecule has 2 rings (SSSR count). The molecule has 0 aromatic heterocycles. The summed E-state index contributed by atoms with van der Waals surface area (Å²) in [6.45, 7) is 1.20. The number of anilines is 2. The zero-order chi connectivity index (χ0) is 12.1. The highest BCUT2D eigenvalue weighted by atomic mass is 15.1. The van der Waals surface area contributed by atoms with Crippen molar-refractivity contribution in [2.24, 2.45) is 5.92 Å². The Hall–Kier alpha value is -1.18. The van der Waals surface area contributed by atoms with Crippen LogP contribution in [0.4, 0.5) is 11.4 Å². The normalized spacial score (nSPS) is 16.8. The molecule has 1 aliphatic rings. The van der Waals surface area contributed by atoms with Crippen LogP contribution in [0.5, 0.6) is 0 Å². The zero-order valence-corrected chi connectivity index (χ0v) is 11.1. The van der Waals surface area contributed by atoms with Gasteiger partial charge in [0.2, 0.25) is 0 Å². The number of nitrogens with zero attached hydrogens (tertiary/aromatic N) is 1. The van der Waals surface area contributed by atoms with Crippen molar-refractivity contribution in [3.63, 3.8) is 0 Å². The zero-order valence-electron chi connectivity index (χ0n) is 11.1. The first kappa shape index (κ1) is 12.3. The highest BCUT2D eigenvalue weighted by Gasteiger charge is 2.15. The summed E-state index contributed by atoms with van der Waals surface area (Å²) in [6, 6.07) is 8.66. The number of nitrogens with one attached hydrogen (secondary N) is 1. The fraction of sp³-hybridized carbons (Fsp3) is 0.600. The highest BCUT2D eigenvalue weighted by molar-refractivity contribution is 5.57. The van der Waals surface area contributed by atoms with Crippen LogP contribution in [0, 0.1) is 5.92 Å². The molecule has 2 heteroatoms. The Kier molecular flexibility index (Phi) is 4.29. The van der Waals surface area contributed by atoms with E-state index in [0.29, 0.717) is 0 Å². The molecule has 0 aliphatic heterocycles. The van der Waals surface area contributed by atoms with E-state index in [1.807, 2.05) is 7.05 Å².